The summed E-state index contributed by atoms with van der Waals surface area (Å²) in [5.74, 6) is 0. The number of aryl methyl sites for hydroxylation is 1. The number of morpholine rings is 1. The van der Waals surface area contributed by atoms with Crippen molar-refractivity contribution in [2.75, 3.05) is 25.4 Å². The highest BCUT2D eigenvalue weighted by atomic mass is 32.2. The zero-order valence-corrected chi connectivity index (χ0v) is 11.4. The van der Waals surface area contributed by atoms with E-state index in [1.165, 1.54) is 16.4 Å². The Morgan fingerprint density at radius 3 is 2.89 bits per heavy atom. The lowest BCUT2D eigenvalue weighted by molar-refractivity contribution is 0.0311. The molecule has 1 atom stereocenters. The molecule has 102 valence electrons. The van der Waals surface area contributed by atoms with Gasteiger partial charge >= 0.3 is 0 Å². The van der Waals surface area contributed by atoms with Gasteiger partial charge in [0, 0.05) is 12.2 Å². The molecular formula is C12H15N3O3S. The van der Waals surface area contributed by atoms with Crippen molar-refractivity contribution < 1.29 is 13.2 Å². The lowest BCUT2D eigenvalue weighted by atomic mass is 10.2. The maximum absolute atomic E-state index is 12.4. The van der Waals surface area contributed by atoms with Crippen molar-refractivity contribution in [3.8, 4) is 6.07 Å². The van der Waals surface area contributed by atoms with E-state index in [4.69, 9.17) is 15.7 Å². The molecule has 0 radical (unpaired) electrons. The minimum absolute atomic E-state index is 0.0482. The fourth-order valence-electron chi connectivity index (χ4n) is 1.85. The van der Waals surface area contributed by atoms with E-state index in [9.17, 15) is 8.42 Å². The van der Waals surface area contributed by atoms with Gasteiger partial charge in [-0.1, -0.05) is 6.07 Å². The van der Waals surface area contributed by atoms with Crippen molar-refractivity contribution in [1.29, 1.82) is 5.26 Å². The van der Waals surface area contributed by atoms with Crippen molar-refractivity contribution in [3.63, 3.8) is 0 Å². The van der Waals surface area contributed by atoms with Crippen LogP contribution in [0.3, 0.4) is 0 Å². The van der Waals surface area contributed by atoms with Gasteiger partial charge in [-0.2, -0.15) is 9.57 Å². The van der Waals surface area contributed by atoms with E-state index in [1.54, 1.807) is 6.07 Å². The number of ether oxygens (including phenoxy) is 1. The summed E-state index contributed by atoms with van der Waals surface area (Å²) in [6, 6.07) is 6.57. The van der Waals surface area contributed by atoms with Gasteiger partial charge in [-0.3, -0.25) is 0 Å². The van der Waals surface area contributed by atoms with Crippen molar-refractivity contribution in [1.82, 2.24) is 4.31 Å². The number of nitrogen functional groups attached to an aromatic ring is 1. The Morgan fingerprint density at radius 2 is 2.26 bits per heavy atom. The average Bonchev–Trinajstić information content (AvgIpc) is 2.41. The summed E-state index contributed by atoms with van der Waals surface area (Å²) in [4.78, 5) is 0.147. The maximum atomic E-state index is 12.4. The Labute approximate surface area is 112 Å². The molecule has 2 N–H and O–H groups in total. The van der Waals surface area contributed by atoms with Crippen LogP contribution in [0, 0.1) is 18.3 Å². The number of hydrogen-bond acceptors (Lipinski definition) is 5. The second-order valence-electron chi connectivity index (χ2n) is 4.37. The second-order valence-corrected chi connectivity index (χ2v) is 6.31. The fourth-order valence-corrected chi connectivity index (χ4v) is 3.31. The van der Waals surface area contributed by atoms with Gasteiger partial charge in [0.15, 0.2) is 6.10 Å². The molecule has 19 heavy (non-hydrogen) atoms. The first-order valence-electron chi connectivity index (χ1n) is 5.82. The molecule has 1 heterocycles. The molecule has 0 saturated carbocycles. The molecule has 6 nitrogen and oxygen atoms in total. The molecule has 0 aromatic heterocycles. The van der Waals surface area contributed by atoms with Gasteiger partial charge in [0.05, 0.1) is 24.1 Å². The van der Waals surface area contributed by atoms with E-state index in [1.807, 2.05) is 13.0 Å². The van der Waals surface area contributed by atoms with Crippen molar-refractivity contribution >= 4 is 15.7 Å². The first-order chi connectivity index (χ1) is 8.95. The fraction of sp³-hybridized carbons (Fsp3) is 0.417. The highest BCUT2D eigenvalue weighted by Crippen LogP contribution is 2.22. The van der Waals surface area contributed by atoms with Gasteiger partial charge in [-0.05, 0) is 24.6 Å². The van der Waals surface area contributed by atoms with Crippen LogP contribution in [0.4, 0.5) is 5.69 Å². The van der Waals surface area contributed by atoms with E-state index < -0.39 is 16.1 Å². The van der Waals surface area contributed by atoms with Crippen molar-refractivity contribution in [2.24, 2.45) is 0 Å². The van der Waals surface area contributed by atoms with E-state index in [0.29, 0.717) is 5.69 Å². The van der Waals surface area contributed by atoms with E-state index >= 15 is 0 Å². The summed E-state index contributed by atoms with van der Waals surface area (Å²) in [6.07, 6.45) is -0.716. The number of nitrogens with two attached hydrogens (primary N) is 1. The Balaban J connectivity index is 2.31. The lowest BCUT2D eigenvalue weighted by Gasteiger charge is -2.29. The van der Waals surface area contributed by atoms with Gasteiger partial charge in [-0.25, -0.2) is 8.42 Å². The zero-order valence-electron chi connectivity index (χ0n) is 10.5. The predicted molar refractivity (Wildman–Crippen MR) is 69.7 cm³/mol. The number of benzene rings is 1. The summed E-state index contributed by atoms with van der Waals surface area (Å²) < 4.78 is 31.2. The summed E-state index contributed by atoms with van der Waals surface area (Å²) in [5, 5.41) is 8.81. The van der Waals surface area contributed by atoms with E-state index in [-0.39, 0.29) is 24.6 Å². The first kappa shape index (κ1) is 13.8. The number of nitriles is 1. The molecule has 2 rings (SSSR count). The monoisotopic (exact) mass is 281 g/mol. The normalized spacial score (nSPS) is 20.9. The smallest absolute Gasteiger partial charge is 0.243 e. The molecular weight excluding hydrogens is 266 g/mol. The molecule has 1 saturated heterocycles. The van der Waals surface area contributed by atoms with Crippen LogP contribution in [-0.4, -0.2) is 38.5 Å². The minimum atomic E-state index is -3.62. The lowest BCUT2D eigenvalue weighted by Crippen LogP contribution is -2.45. The van der Waals surface area contributed by atoms with E-state index in [0.717, 1.165) is 5.56 Å². The minimum Gasteiger partial charge on any atom is -0.398 e. The summed E-state index contributed by atoms with van der Waals surface area (Å²) in [6.45, 7) is 2.33. The maximum Gasteiger partial charge on any atom is 0.243 e. The topological polar surface area (TPSA) is 96.4 Å². The standard InChI is InChI=1S/C12H15N3O3S/c1-9-2-3-11(6-12(9)14)19(16,17)15-4-5-18-10(7-13)8-15/h2-3,6,10H,4-5,8,14H2,1H3. The predicted octanol–water partition coefficient (Wildman–Crippen LogP) is 0.490. The molecule has 1 unspecified atom stereocenters. The van der Waals surface area contributed by atoms with Crippen molar-refractivity contribution in [2.45, 2.75) is 17.9 Å². The molecule has 1 aliphatic rings. The number of rotatable bonds is 2. The molecule has 7 heteroatoms. The van der Waals surface area contributed by atoms with Gasteiger partial charge in [-0.15, -0.1) is 0 Å². The largest absolute Gasteiger partial charge is 0.398 e. The molecule has 0 amide bonds. The molecule has 1 aromatic carbocycles. The molecule has 1 aliphatic heterocycles. The third-order valence-electron chi connectivity index (χ3n) is 3.06. The van der Waals surface area contributed by atoms with E-state index in [2.05, 4.69) is 0 Å². The SMILES string of the molecule is Cc1ccc(S(=O)(=O)N2CCOC(C#N)C2)cc1N. The zero-order chi connectivity index (χ0) is 14.0. The molecule has 0 bridgehead atoms. The van der Waals surface area contributed by atoms with Gasteiger partial charge < -0.3 is 10.5 Å². The van der Waals surface area contributed by atoms with Gasteiger partial charge in [0.1, 0.15) is 0 Å². The van der Waals surface area contributed by atoms with Crippen LogP contribution in [0.25, 0.3) is 0 Å². The summed E-state index contributed by atoms with van der Waals surface area (Å²) >= 11 is 0. The number of sulfonamides is 1. The van der Waals surface area contributed by atoms with Crippen LogP contribution >= 0.6 is 0 Å². The first-order valence-corrected chi connectivity index (χ1v) is 7.26. The van der Waals surface area contributed by atoms with Gasteiger partial charge in [0.2, 0.25) is 10.0 Å². The van der Waals surface area contributed by atoms with Gasteiger partial charge in [0.25, 0.3) is 0 Å². The molecule has 0 spiro atoms. The highest BCUT2D eigenvalue weighted by molar-refractivity contribution is 7.89. The molecule has 1 aromatic rings. The third-order valence-corrected chi connectivity index (χ3v) is 4.92. The Kier molecular flexibility index (Phi) is 3.75. The van der Waals surface area contributed by atoms with Crippen LogP contribution in [0.5, 0.6) is 0 Å². The number of hydrogen-bond donors (Lipinski definition) is 1. The van der Waals surface area contributed by atoms with Crippen LogP contribution in [0.2, 0.25) is 0 Å². The Bertz CT molecular complexity index is 622. The Morgan fingerprint density at radius 1 is 1.53 bits per heavy atom. The van der Waals surface area contributed by atoms with Crippen LogP contribution < -0.4 is 5.73 Å². The second kappa shape index (κ2) is 5.17. The van der Waals surface area contributed by atoms with Crippen LogP contribution in [0.1, 0.15) is 5.56 Å². The summed E-state index contributed by atoms with van der Waals surface area (Å²) in [5.41, 5.74) is 7.01. The van der Waals surface area contributed by atoms with Crippen molar-refractivity contribution in [3.05, 3.63) is 23.8 Å². The Hall–Kier alpha value is -1.62. The average molecular weight is 281 g/mol. The molecule has 1 fully saturated rings. The van der Waals surface area contributed by atoms with Crippen LogP contribution in [0.15, 0.2) is 23.1 Å². The summed E-state index contributed by atoms with van der Waals surface area (Å²) in [7, 11) is -3.62. The quantitative estimate of drug-likeness (QED) is 0.796. The number of nitrogens with zero attached hydrogens (tertiary/aromatic N) is 2. The number of anilines is 1. The third kappa shape index (κ3) is 2.71. The highest BCUT2D eigenvalue weighted by Gasteiger charge is 2.30. The molecule has 0 aliphatic carbocycles. The van der Waals surface area contributed by atoms with Crippen LogP contribution in [-0.2, 0) is 14.8 Å².